The highest BCUT2D eigenvalue weighted by molar-refractivity contribution is 5.99. The summed E-state index contributed by atoms with van der Waals surface area (Å²) in [5.74, 6) is -1.23. The second-order valence-electron chi connectivity index (χ2n) is 7.09. The zero-order chi connectivity index (χ0) is 24.5. The highest BCUT2D eigenvalue weighted by atomic mass is 16.6. The summed E-state index contributed by atoms with van der Waals surface area (Å²) in [4.78, 5) is 38.1. The summed E-state index contributed by atoms with van der Waals surface area (Å²) in [7, 11) is 1.34. The van der Waals surface area contributed by atoms with E-state index in [4.69, 9.17) is 14.2 Å². The average Bonchev–Trinajstić information content (AvgIpc) is 2.86. The van der Waals surface area contributed by atoms with Crippen LogP contribution in [0.4, 0.5) is 11.4 Å². The van der Waals surface area contributed by atoms with Crippen LogP contribution >= 0.6 is 0 Å². The van der Waals surface area contributed by atoms with Crippen molar-refractivity contribution in [2.24, 2.45) is 0 Å². The third-order valence-corrected chi connectivity index (χ3v) is 4.88. The molecule has 0 fully saturated rings. The van der Waals surface area contributed by atoms with Crippen molar-refractivity contribution in [3.8, 4) is 11.5 Å². The Kier molecular flexibility index (Phi) is 8.17. The molecule has 0 aliphatic carbocycles. The van der Waals surface area contributed by atoms with Crippen LogP contribution in [0.3, 0.4) is 0 Å². The van der Waals surface area contributed by atoms with Gasteiger partial charge in [-0.05, 0) is 24.6 Å². The zero-order valence-electron chi connectivity index (χ0n) is 18.8. The summed E-state index contributed by atoms with van der Waals surface area (Å²) in [5.41, 5.74) is 0.665. The fourth-order valence-electron chi connectivity index (χ4n) is 3.27. The third-order valence-electron chi connectivity index (χ3n) is 4.88. The smallest absolute Gasteiger partial charge is 0.345 e. The number of hydrogen-bond acceptors (Lipinski definition) is 7. The highest BCUT2D eigenvalue weighted by Gasteiger charge is 2.27. The topological polar surface area (TPSA) is 108 Å². The molecule has 0 heterocycles. The van der Waals surface area contributed by atoms with E-state index in [1.165, 1.54) is 18.1 Å². The molecule has 0 aliphatic rings. The van der Waals surface area contributed by atoms with E-state index < -0.39 is 29.1 Å². The number of methoxy groups -OCH3 is 1. The molecule has 0 spiro atoms. The Balaban J connectivity index is 1.82. The maximum atomic E-state index is 13.0. The molecular weight excluding hydrogens is 440 g/mol. The molecule has 3 aromatic rings. The number of amides is 1. The van der Waals surface area contributed by atoms with E-state index in [-0.39, 0.29) is 30.2 Å². The molecule has 0 N–H and O–H groups in total. The van der Waals surface area contributed by atoms with Crippen molar-refractivity contribution in [3.05, 3.63) is 94.0 Å². The highest BCUT2D eigenvalue weighted by Crippen LogP contribution is 2.35. The molecule has 3 rings (SSSR count). The van der Waals surface area contributed by atoms with Gasteiger partial charge in [0.05, 0.1) is 31.3 Å². The number of para-hydroxylation sites is 1. The van der Waals surface area contributed by atoms with E-state index in [0.717, 1.165) is 11.6 Å². The lowest BCUT2D eigenvalue weighted by Crippen LogP contribution is -2.34. The van der Waals surface area contributed by atoms with E-state index in [1.54, 1.807) is 31.2 Å². The van der Waals surface area contributed by atoms with E-state index in [9.17, 15) is 19.7 Å². The lowest BCUT2D eigenvalue weighted by atomic mass is 10.1. The van der Waals surface area contributed by atoms with Crippen LogP contribution in [-0.2, 0) is 16.1 Å². The van der Waals surface area contributed by atoms with Gasteiger partial charge in [-0.25, -0.2) is 4.79 Å². The first-order chi connectivity index (χ1) is 16.4. The number of nitro benzene ring substituents is 1. The molecule has 9 nitrogen and oxygen atoms in total. The Morgan fingerprint density at radius 2 is 1.62 bits per heavy atom. The second-order valence-corrected chi connectivity index (χ2v) is 7.09. The van der Waals surface area contributed by atoms with Gasteiger partial charge in [0.1, 0.15) is 5.56 Å². The van der Waals surface area contributed by atoms with Gasteiger partial charge in [-0.2, -0.15) is 0 Å². The third kappa shape index (κ3) is 5.89. The lowest BCUT2D eigenvalue weighted by Gasteiger charge is -2.23. The maximum Gasteiger partial charge on any atom is 0.345 e. The molecular formula is C25H24N2O7. The number of carbonyl (C=O) groups excluding carboxylic acids is 2. The minimum absolute atomic E-state index is 0.110. The summed E-state index contributed by atoms with van der Waals surface area (Å²) >= 11 is 0. The van der Waals surface area contributed by atoms with Gasteiger partial charge in [-0.3, -0.25) is 14.9 Å². The van der Waals surface area contributed by atoms with Crippen LogP contribution in [0.15, 0.2) is 72.8 Å². The number of carbonyl (C=O) groups is 2. The molecule has 0 saturated carbocycles. The number of anilines is 1. The van der Waals surface area contributed by atoms with Gasteiger partial charge < -0.3 is 19.1 Å². The van der Waals surface area contributed by atoms with Gasteiger partial charge in [-0.15, -0.1) is 0 Å². The number of nitro groups is 1. The number of ether oxygens (including phenoxy) is 3. The van der Waals surface area contributed by atoms with Gasteiger partial charge in [-0.1, -0.05) is 48.5 Å². The SMILES string of the molecule is CCOc1cc(C(=O)OCC(=O)N(Cc2ccccc2)c2ccccc2)c([N+](=O)[O-])cc1OC. The van der Waals surface area contributed by atoms with E-state index >= 15 is 0 Å². The number of rotatable bonds is 10. The van der Waals surface area contributed by atoms with Crippen LogP contribution in [0.1, 0.15) is 22.8 Å². The summed E-state index contributed by atoms with van der Waals surface area (Å²) in [6, 6.07) is 20.6. The van der Waals surface area contributed by atoms with Crippen LogP contribution in [0.25, 0.3) is 0 Å². The Hall–Kier alpha value is -4.40. The molecule has 0 saturated heterocycles. The molecule has 0 radical (unpaired) electrons. The predicted octanol–water partition coefficient (Wildman–Crippen LogP) is 4.39. The van der Waals surface area contributed by atoms with Crippen molar-refractivity contribution in [1.29, 1.82) is 0 Å². The predicted molar refractivity (Wildman–Crippen MR) is 125 cm³/mol. The molecule has 34 heavy (non-hydrogen) atoms. The largest absolute Gasteiger partial charge is 0.493 e. The summed E-state index contributed by atoms with van der Waals surface area (Å²) in [6.07, 6.45) is 0. The molecule has 0 aliphatic heterocycles. The summed E-state index contributed by atoms with van der Waals surface area (Å²) < 4.78 is 15.7. The van der Waals surface area contributed by atoms with Crippen LogP contribution in [0.5, 0.6) is 11.5 Å². The van der Waals surface area contributed by atoms with Crippen molar-refractivity contribution in [2.75, 3.05) is 25.2 Å². The zero-order valence-corrected chi connectivity index (χ0v) is 18.8. The van der Waals surface area contributed by atoms with E-state index in [0.29, 0.717) is 5.69 Å². The average molecular weight is 464 g/mol. The van der Waals surface area contributed by atoms with Crippen LogP contribution in [-0.4, -0.2) is 37.1 Å². The standard InChI is InChI=1S/C25H24N2O7/c1-3-33-23-14-20(21(27(30)31)15-22(23)32-2)25(29)34-17-24(28)26(19-12-8-5-9-13-19)16-18-10-6-4-7-11-18/h4-15H,3,16-17H2,1-2H3. The summed E-state index contributed by atoms with van der Waals surface area (Å²) in [5, 5.41) is 11.5. The van der Waals surface area contributed by atoms with E-state index in [2.05, 4.69) is 0 Å². The van der Waals surface area contributed by atoms with Crippen molar-refractivity contribution < 1.29 is 28.7 Å². The normalized spacial score (nSPS) is 10.3. The minimum atomic E-state index is -1.02. The molecule has 0 atom stereocenters. The van der Waals surface area contributed by atoms with Crippen LogP contribution < -0.4 is 14.4 Å². The van der Waals surface area contributed by atoms with Crippen molar-refractivity contribution in [1.82, 2.24) is 0 Å². The van der Waals surface area contributed by atoms with Crippen molar-refractivity contribution in [2.45, 2.75) is 13.5 Å². The minimum Gasteiger partial charge on any atom is -0.493 e. The Labute approximate surface area is 196 Å². The Morgan fingerprint density at radius 3 is 2.21 bits per heavy atom. The first kappa shape index (κ1) is 24.2. The van der Waals surface area contributed by atoms with Gasteiger partial charge in [0, 0.05) is 11.8 Å². The van der Waals surface area contributed by atoms with E-state index in [1.807, 2.05) is 36.4 Å². The maximum absolute atomic E-state index is 13.0. The summed E-state index contributed by atoms with van der Waals surface area (Å²) in [6.45, 7) is 1.64. The second kappa shape index (κ2) is 11.5. The van der Waals surface area contributed by atoms with Crippen LogP contribution in [0.2, 0.25) is 0 Å². The van der Waals surface area contributed by atoms with Gasteiger partial charge in [0.15, 0.2) is 18.1 Å². The molecule has 176 valence electrons. The number of benzene rings is 3. The molecule has 0 bridgehead atoms. The molecule has 0 unspecified atom stereocenters. The van der Waals surface area contributed by atoms with Crippen molar-refractivity contribution in [3.63, 3.8) is 0 Å². The first-order valence-electron chi connectivity index (χ1n) is 10.5. The quantitative estimate of drug-likeness (QED) is 0.249. The molecule has 3 aromatic carbocycles. The van der Waals surface area contributed by atoms with Gasteiger partial charge in [0.25, 0.3) is 11.6 Å². The first-order valence-corrected chi connectivity index (χ1v) is 10.5. The van der Waals surface area contributed by atoms with Crippen LogP contribution in [0, 0.1) is 10.1 Å². The number of esters is 1. The fraction of sp³-hybridized carbons (Fsp3) is 0.200. The lowest BCUT2D eigenvalue weighted by molar-refractivity contribution is -0.385. The van der Waals surface area contributed by atoms with Crippen molar-refractivity contribution >= 4 is 23.3 Å². The van der Waals surface area contributed by atoms with Gasteiger partial charge >= 0.3 is 5.97 Å². The number of nitrogens with zero attached hydrogens (tertiary/aromatic N) is 2. The Bertz CT molecular complexity index is 1150. The number of hydrogen-bond donors (Lipinski definition) is 0. The Morgan fingerprint density at radius 1 is 0.971 bits per heavy atom. The van der Waals surface area contributed by atoms with Gasteiger partial charge in [0.2, 0.25) is 0 Å². The molecule has 9 heteroatoms. The monoisotopic (exact) mass is 464 g/mol. The molecule has 1 amide bonds. The molecule has 0 aromatic heterocycles. The fourth-order valence-corrected chi connectivity index (χ4v) is 3.27.